The predicted molar refractivity (Wildman–Crippen MR) is 282 cm³/mol. The number of rotatable bonds is 7. The van der Waals surface area contributed by atoms with Crippen LogP contribution in [-0.4, -0.2) is 4.57 Å². The van der Waals surface area contributed by atoms with E-state index in [4.69, 9.17) is 0 Å². The Morgan fingerprint density at radius 3 is 1.86 bits per heavy atom. The molecule has 312 valence electrons. The quantitative estimate of drug-likeness (QED) is 0.155. The van der Waals surface area contributed by atoms with Crippen LogP contribution in [0.25, 0.3) is 92.2 Å². The van der Waals surface area contributed by atoms with E-state index < -0.39 is 0 Å². The molecule has 10 aromatic carbocycles. The molecular weight excluding hydrogens is 817 g/mol. The highest BCUT2D eigenvalue weighted by Crippen LogP contribution is 2.54. The summed E-state index contributed by atoms with van der Waals surface area (Å²) in [6.07, 6.45) is 0. The molecule has 0 radical (unpaired) electrons. The van der Waals surface area contributed by atoms with Gasteiger partial charge in [-0.2, -0.15) is 0 Å². The van der Waals surface area contributed by atoms with Crippen LogP contribution >= 0.6 is 11.3 Å². The summed E-state index contributed by atoms with van der Waals surface area (Å²) in [5.74, 6) is 0. The van der Waals surface area contributed by atoms with E-state index in [1.807, 2.05) is 11.3 Å². The van der Waals surface area contributed by atoms with E-state index in [1.54, 1.807) is 0 Å². The lowest BCUT2D eigenvalue weighted by Gasteiger charge is -2.31. The molecule has 0 amide bonds. The maximum Gasteiger partial charge on any atom is 0.0782 e. The molecular formula is C63H44N2S. The summed E-state index contributed by atoms with van der Waals surface area (Å²) in [6, 6.07) is 85.4. The van der Waals surface area contributed by atoms with Gasteiger partial charge in [0, 0.05) is 42.9 Å². The van der Waals surface area contributed by atoms with E-state index in [2.05, 4.69) is 254 Å². The Morgan fingerprint density at radius 1 is 0.394 bits per heavy atom. The third-order valence-electron chi connectivity index (χ3n) is 14.0. The highest BCUT2D eigenvalue weighted by molar-refractivity contribution is 7.26. The lowest BCUT2D eigenvalue weighted by atomic mass is 9.82. The molecule has 66 heavy (non-hydrogen) atoms. The van der Waals surface area contributed by atoms with Crippen LogP contribution in [0.1, 0.15) is 25.0 Å². The molecule has 0 atom stereocenters. The third-order valence-corrected chi connectivity index (χ3v) is 15.2. The largest absolute Gasteiger partial charge is 0.307 e. The molecule has 2 aromatic heterocycles. The number of anilines is 3. The van der Waals surface area contributed by atoms with Gasteiger partial charge < -0.3 is 9.47 Å². The second-order valence-corrected chi connectivity index (χ2v) is 19.1. The first-order chi connectivity index (χ1) is 32.5. The summed E-state index contributed by atoms with van der Waals surface area (Å²) in [5.41, 5.74) is 19.2. The fourth-order valence-electron chi connectivity index (χ4n) is 11.0. The molecule has 2 heterocycles. The van der Waals surface area contributed by atoms with Crippen LogP contribution in [0.15, 0.2) is 231 Å². The van der Waals surface area contributed by atoms with Gasteiger partial charge in [0.05, 0.1) is 32.8 Å². The molecule has 1 aliphatic rings. The Bertz CT molecular complexity index is 3850. The minimum Gasteiger partial charge on any atom is -0.307 e. The summed E-state index contributed by atoms with van der Waals surface area (Å²) in [4.78, 5) is 2.58. The molecule has 0 fully saturated rings. The molecule has 0 bridgehead atoms. The van der Waals surface area contributed by atoms with Gasteiger partial charge in [0.1, 0.15) is 0 Å². The standard InChI is InChI=1S/C63H44N2S/c1-63(2)53-31-12-9-25-47(53)52-40-43(37-38-54(52)63)46-28-16-33-56(60(46)44-22-15-21-42(39-44)41-19-5-3-6-20-41)65(58-35-18-30-51-49-27-11-14-36-59(49)66-62(51)58)57-34-17-29-50-48-26-10-13-32-55(48)64(61(50)57)45-23-7-4-8-24-45/h3-40H,1-2H3. The summed E-state index contributed by atoms with van der Waals surface area (Å²) < 4.78 is 5.00. The van der Waals surface area contributed by atoms with Gasteiger partial charge in [-0.1, -0.05) is 190 Å². The van der Waals surface area contributed by atoms with Crippen LogP contribution < -0.4 is 4.90 Å². The number of fused-ring (bicyclic) bond motifs is 9. The van der Waals surface area contributed by atoms with Gasteiger partial charge in [-0.05, 0) is 105 Å². The number of benzene rings is 10. The summed E-state index contributed by atoms with van der Waals surface area (Å²) >= 11 is 1.88. The number of aromatic nitrogens is 1. The maximum absolute atomic E-state index is 2.58. The molecule has 0 aliphatic heterocycles. The SMILES string of the molecule is CC1(C)c2ccccc2-c2cc(-c3cccc(N(c4cccc5c4sc4ccccc45)c4cccc5c6ccccc6n(-c6ccccc6)c45)c3-c3cccc(-c4ccccc4)c3)ccc21. The zero-order valence-electron chi connectivity index (χ0n) is 36.7. The monoisotopic (exact) mass is 860 g/mol. The van der Waals surface area contributed by atoms with Crippen molar-refractivity contribution in [3.63, 3.8) is 0 Å². The first kappa shape index (κ1) is 38.5. The normalized spacial score (nSPS) is 12.8. The molecule has 0 unspecified atom stereocenters. The lowest BCUT2D eigenvalue weighted by Crippen LogP contribution is -2.14. The van der Waals surface area contributed by atoms with Crippen LogP contribution in [0, 0.1) is 0 Å². The van der Waals surface area contributed by atoms with Crippen molar-refractivity contribution in [3.8, 4) is 50.2 Å². The van der Waals surface area contributed by atoms with Crippen molar-refractivity contribution in [2.45, 2.75) is 19.3 Å². The van der Waals surface area contributed by atoms with Gasteiger partial charge in [-0.3, -0.25) is 0 Å². The molecule has 0 N–H and O–H groups in total. The van der Waals surface area contributed by atoms with Crippen LogP contribution in [0.3, 0.4) is 0 Å². The molecule has 3 heteroatoms. The smallest absolute Gasteiger partial charge is 0.0782 e. The van der Waals surface area contributed by atoms with Crippen molar-refractivity contribution < 1.29 is 0 Å². The molecule has 2 nitrogen and oxygen atoms in total. The number of hydrogen-bond donors (Lipinski definition) is 0. The summed E-state index contributed by atoms with van der Waals surface area (Å²) in [6.45, 7) is 4.72. The topological polar surface area (TPSA) is 8.17 Å². The molecule has 0 spiro atoms. The van der Waals surface area contributed by atoms with Gasteiger partial charge in [0.2, 0.25) is 0 Å². The number of para-hydroxylation sites is 3. The Morgan fingerprint density at radius 2 is 1.00 bits per heavy atom. The predicted octanol–water partition coefficient (Wildman–Crippen LogP) is 17.9. The van der Waals surface area contributed by atoms with Crippen molar-refractivity contribution in [2.75, 3.05) is 4.90 Å². The van der Waals surface area contributed by atoms with Crippen molar-refractivity contribution in [1.29, 1.82) is 0 Å². The van der Waals surface area contributed by atoms with E-state index in [0.717, 1.165) is 33.8 Å². The summed E-state index contributed by atoms with van der Waals surface area (Å²) in [7, 11) is 0. The fraction of sp³-hybridized carbons (Fsp3) is 0.0476. The number of thiophene rings is 1. The highest BCUT2D eigenvalue weighted by Gasteiger charge is 2.35. The first-order valence-corrected chi connectivity index (χ1v) is 23.7. The van der Waals surface area contributed by atoms with Crippen LogP contribution in [-0.2, 0) is 5.41 Å². The zero-order chi connectivity index (χ0) is 43.9. The Balaban J connectivity index is 1.17. The Hall–Kier alpha value is -7.98. The van der Waals surface area contributed by atoms with E-state index in [1.165, 1.54) is 86.5 Å². The summed E-state index contributed by atoms with van der Waals surface area (Å²) in [5, 5.41) is 4.98. The molecule has 13 rings (SSSR count). The van der Waals surface area contributed by atoms with Crippen LogP contribution in [0.2, 0.25) is 0 Å². The molecule has 1 aliphatic carbocycles. The zero-order valence-corrected chi connectivity index (χ0v) is 37.6. The minimum absolute atomic E-state index is 0.0885. The van der Waals surface area contributed by atoms with Crippen LogP contribution in [0.4, 0.5) is 17.1 Å². The highest BCUT2D eigenvalue weighted by atomic mass is 32.1. The fourth-order valence-corrected chi connectivity index (χ4v) is 12.2. The molecule has 0 saturated heterocycles. The van der Waals surface area contributed by atoms with Crippen molar-refractivity contribution in [2.24, 2.45) is 0 Å². The van der Waals surface area contributed by atoms with Gasteiger partial charge >= 0.3 is 0 Å². The molecule has 0 saturated carbocycles. The van der Waals surface area contributed by atoms with E-state index >= 15 is 0 Å². The van der Waals surface area contributed by atoms with Crippen molar-refractivity contribution >= 4 is 70.4 Å². The maximum atomic E-state index is 2.58. The Labute approximate surface area is 388 Å². The van der Waals surface area contributed by atoms with Gasteiger partial charge in [-0.25, -0.2) is 0 Å². The van der Waals surface area contributed by atoms with Crippen molar-refractivity contribution in [1.82, 2.24) is 4.57 Å². The van der Waals surface area contributed by atoms with Crippen LogP contribution in [0.5, 0.6) is 0 Å². The average molecular weight is 861 g/mol. The van der Waals surface area contributed by atoms with Gasteiger partial charge in [0.25, 0.3) is 0 Å². The lowest BCUT2D eigenvalue weighted by molar-refractivity contribution is 0.660. The van der Waals surface area contributed by atoms with Crippen molar-refractivity contribution in [3.05, 3.63) is 242 Å². The third kappa shape index (κ3) is 5.87. The van der Waals surface area contributed by atoms with Gasteiger partial charge in [0.15, 0.2) is 0 Å². The van der Waals surface area contributed by atoms with E-state index in [0.29, 0.717) is 0 Å². The number of hydrogen-bond acceptors (Lipinski definition) is 2. The first-order valence-electron chi connectivity index (χ1n) is 22.8. The minimum atomic E-state index is -0.0885. The van der Waals surface area contributed by atoms with E-state index in [-0.39, 0.29) is 5.41 Å². The van der Waals surface area contributed by atoms with Gasteiger partial charge in [-0.15, -0.1) is 11.3 Å². The average Bonchev–Trinajstić information content (AvgIpc) is 4.01. The van der Waals surface area contributed by atoms with E-state index in [9.17, 15) is 0 Å². The number of nitrogens with zero attached hydrogens (tertiary/aromatic N) is 2. The second-order valence-electron chi connectivity index (χ2n) is 18.0. The second kappa shape index (κ2) is 15.1. The Kier molecular flexibility index (Phi) is 8.78. The molecule has 12 aromatic rings.